The smallest absolute Gasteiger partial charge is 0.330 e. The molecule has 0 aromatic rings. The lowest BCUT2D eigenvalue weighted by Gasteiger charge is -2.23. The molecule has 146 valence electrons. The van der Waals surface area contributed by atoms with Crippen molar-refractivity contribution in [3.63, 3.8) is 0 Å². The maximum Gasteiger partial charge on any atom is 0.330 e. The van der Waals surface area contributed by atoms with E-state index in [4.69, 9.17) is 9.11 Å². The first kappa shape index (κ1) is 25.5. The highest BCUT2D eigenvalue weighted by Crippen LogP contribution is 2.05. The van der Waals surface area contributed by atoms with Gasteiger partial charge in [0.1, 0.15) is 0 Å². The fourth-order valence-corrected chi connectivity index (χ4v) is 2.82. The number of esters is 1. The number of amides is 1. The minimum Gasteiger partial charge on any atom is -0.463 e. The molecule has 10 nitrogen and oxygen atoms in total. The summed E-state index contributed by atoms with van der Waals surface area (Å²) < 4.78 is 62.5. The van der Waals surface area contributed by atoms with Crippen molar-refractivity contribution < 1.29 is 40.3 Å². The van der Waals surface area contributed by atoms with Gasteiger partial charge in [-0.05, 0) is 26.3 Å². The second-order valence-corrected chi connectivity index (χ2v) is 8.34. The minimum atomic E-state index is -4.08. The lowest BCUT2D eigenvalue weighted by molar-refractivity contribution is -0.137. The van der Waals surface area contributed by atoms with Crippen LogP contribution in [-0.2, 0) is 34.6 Å². The van der Waals surface area contributed by atoms with Crippen LogP contribution in [0.1, 0.15) is 20.3 Å². The second kappa shape index (κ2) is 11.0. The van der Waals surface area contributed by atoms with Crippen LogP contribution < -0.4 is 5.32 Å². The third-order valence-electron chi connectivity index (χ3n) is 2.15. The zero-order chi connectivity index (χ0) is 20.3. The molecule has 25 heavy (non-hydrogen) atoms. The molecular formula is C13H23NO9S2. The zero-order valence-electron chi connectivity index (χ0n) is 14.0. The van der Waals surface area contributed by atoms with Crippen LogP contribution in [0.3, 0.4) is 0 Å². The van der Waals surface area contributed by atoms with Crippen LogP contribution >= 0.6 is 0 Å². The fraction of sp³-hybridized carbons (Fsp3) is 0.538. The minimum absolute atomic E-state index is 0.0371. The Hall–Kier alpha value is -1.76. The molecule has 3 N–H and O–H groups in total. The first-order valence-electron chi connectivity index (χ1n) is 6.76. The van der Waals surface area contributed by atoms with Gasteiger partial charge in [-0.25, -0.2) is 4.79 Å². The number of nitrogens with one attached hydrogen (secondary N) is 1. The van der Waals surface area contributed by atoms with Crippen LogP contribution in [0.2, 0.25) is 0 Å². The van der Waals surface area contributed by atoms with Gasteiger partial charge in [0, 0.05) is 6.08 Å². The summed E-state index contributed by atoms with van der Waals surface area (Å²) in [5.41, 5.74) is -1.00. The van der Waals surface area contributed by atoms with Crippen molar-refractivity contribution in [1.82, 2.24) is 5.32 Å². The molecule has 0 aliphatic rings. The van der Waals surface area contributed by atoms with Crippen molar-refractivity contribution in [2.75, 3.05) is 18.1 Å². The van der Waals surface area contributed by atoms with Crippen molar-refractivity contribution in [2.45, 2.75) is 25.8 Å². The number of carbonyl (C=O) groups is 2. The summed E-state index contributed by atoms with van der Waals surface area (Å²) in [5, 5.41) is 2.37. The Morgan fingerprint density at radius 2 is 1.60 bits per heavy atom. The van der Waals surface area contributed by atoms with Gasteiger partial charge in [0.2, 0.25) is 5.91 Å². The van der Waals surface area contributed by atoms with E-state index in [1.807, 2.05) is 0 Å². The van der Waals surface area contributed by atoms with Gasteiger partial charge in [-0.15, -0.1) is 0 Å². The molecule has 0 rings (SSSR count). The van der Waals surface area contributed by atoms with Crippen LogP contribution in [0.4, 0.5) is 0 Å². The maximum atomic E-state index is 10.8. The Morgan fingerprint density at radius 1 is 1.08 bits per heavy atom. The number of hydrogen-bond donors (Lipinski definition) is 3. The van der Waals surface area contributed by atoms with Gasteiger partial charge in [-0.1, -0.05) is 13.2 Å². The molecule has 0 atom stereocenters. The SMILES string of the molecule is C=CC(=O)NC(C)(C)CS(=O)(=O)O.C=CC(=O)OCCCS(=O)(=O)O. The van der Waals surface area contributed by atoms with Crippen LogP contribution in [0.5, 0.6) is 0 Å². The van der Waals surface area contributed by atoms with E-state index in [0.717, 1.165) is 12.2 Å². The molecule has 0 aliphatic carbocycles. The van der Waals surface area contributed by atoms with E-state index in [1.54, 1.807) is 0 Å². The van der Waals surface area contributed by atoms with Gasteiger partial charge >= 0.3 is 5.97 Å². The van der Waals surface area contributed by atoms with Crippen LogP contribution in [0.15, 0.2) is 25.3 Å². The van der Waals surface area contributed by atoms with Gasteiger partial charge in [0.05, 0.1) is 23.7 Å². The fourth-order valence-electron chi connectivity index (χ4n) is 1.35. The predicted octanol–water partition coefficient (Wildman–Crippen LogP) is -0.0515. The van der Waals surface area contributed by atoms with E-state index in [-0.39, 0.29) is 13.0 Å². The molecule has 0 fully saturated rings. The van der Waals surface area contributed by atoms with E-state index in [1.165, 1.54) is 13.8 Å². The highest BCUT2D eigenvalue weighted by atomic mass is 32.2. The Morgan fingerprint density at radius 3 is 1.96 bits per heavy atom. The molecule has 0 unspecified atom stereocenters. The molecule has 0 aromatic heterocycles. The lowest BCUT2D eigenvalue weighted by Crippen LogP contribution is -2.47. The molecule has 1 amide bonds. The highest BCUT2D eigenvalue weighted by molar-refractivity contribution is 7.86. The molecule has 0 radical (unpaired) electrons. The Bertz CT molecular complexity index is 678. The van der Waals surface area contributed by atoms with E-state index >= 15 is 0 Å². The largest absolute Gasteiger partial charge is 0.463 e. The summed E-state index contributed by atoms with van der Waals surface area (Å²) in [6.07, 6.45) is 2.09. The normalized spacial score (nSPS) is 11.5. The Labute approximate surface area is 147 Å². The van der Waals surface area contributed by atoms with Crippen molar-refractivity contribution in [3.8, 4) is 0 Å². The monoisotopic (exact) mass is 401 g/mol. The van der Waals surface area contributed by atoms with E-state index < -0.39 is 49.2 Å². The van der Waals surface area contributed by atoms with Gasteiger partial charge in [-0.3, -0.25) is 13.9 Å². The molecule has 0 bridgehead atoms. The number of carbonyl (C=O) groups excluding carboxylic acids is 2. The van der Waals surface area contributed by atoms with E-state index in [9.17, 15) is 26.4 Å². The predicted molar refractivity (Wildman–Crippen MR) is 91.0 cm³/mol. The van der Waals surface area contributed by atoms with Gasteiger partial charge < -0.3 is 10.1 Å². The van der Waals surface area contributed by atoms with Crippen LogP contribution in [0.25, 0.3) is 0 Å². The maximum absolute atomic E-state index is 10.8. The summed E-state index contributed by atoms with van der Waals surface area (Å²) >= 11 is 0. The quantitative estimate of drug-likeness (QED) is 0.208. The summed E-state index contributed by atoms with van der Waals surface area (Å²) in [4.78, 5) is 21.2. The lowest BCUT2D eigenvalue weighted by atomic mass is 10.1. The Kier molecular flexibility index (Phi) is 11.2. The van der Waals surface area contributed by atoms with Crippen molar-refractivity contribution >= 4 is 32.1 Å². The molecule has 0 spiro atoms. The molecule has 0 aliphatic heterocycles. The van der Waals surface area contributed by atoms with Crippen molar-refractivity contribution in [3.05, 3.63) is 25.3 Å². The average Bonchev–Trinajstić information content (AvgIpc) is 2.39. The van der Waals surface area contributed by atoms with E-state index in [0.29, 0.717) is 0 Å². The highest BCUT2D eigenvalue weighted by Gasteiger charge is 2.25. The van der Waals surface area contributed by atoms with Gasteiger partial charge in [-0.2, -0.15) is 16.8 Å². The number of rotatable bonds is 9. The topological polar surface area (TPSA) is 164 Å². The molecular weight excluding hydrogens is 378 g/mol. The zero-order valence-corrected chi connectivity index (χ0v) is 15.6. The Balaban J connectivity index is 0. The first-order valence-corrected chi connectivity index (χ1v) is 9.98. The van der Waals surface area contributed by atoms with Gasteiger partial charge in [0.25, 0.3) is 20.2 Å². The van der Waals surface area contributed by atoms with Crippen molar-refractivity contribution in [1.29, 1.82) is 0 Å². The number of ether oxygens (including phenoxy) is 1. The summed E-state index contributed by atoms with van der Waals surface area (Å²) in [7, 11) is -8.03. The van der Waals surface area contributed by atoms with Crippen molar-refractivity contribution in [2.24, 2.45) is 0 Å². The third-order valence-corrected chi connectivity index (χ3v) is 4.04. The molecule has 0 saturated heterocycles. The third kappa shape index (κ3) is 20.2. The van der Waals surface area contributed by atoms with Crippen LogP contribution in [0, 0.1) is 0 Å². The molecule has 12 heteroatoms. The first-order chi connectivity index (χ1) is 11.1. The molecule has 0 aromatic carbocycles. The summed E-state index contributed by atoms with van der Waals surface area (Å²) in [6.45, 7) is 9.30. The molecule has 0 saturated carbocycles. The number of hydrogen-bond acceptors (Lipinski definition) is 7. The molecule has 0 heterocycles. The van der Waals surface area contributed by atoms with Crippen LogP contribution in [-0.4, -0.2) is 61.5 Å². The van der Waals surface area contributed by atoms with E-state index in [2.05, 4.69) is 23.2 Å². The summed E-state index contributed by atoms with van der Waals surface area (Å²) in [5.74, 6) is -2.02. The average molecular weight is 401 g/mol. The standard InChI is InChI=1S/C7H13NO4S.C6H10O5S/c1-4-6(9)8-7(2,3)5-13(10,11)12;1-2-6(7)11-4-3-5-12(8,9)10/h4H,1,5H2,2-3H3,(H,8,9)(H,10,11,12);2H,1,3-5H2,(H,8,9,10). The second-order valence-electron chi connectivity index (χ2n) is 5.31. The van der Waals surface area contributed by atoms with Gasteiger partial charge in [0.15, 0.2) is 0 Å². The summed E-state index contributed by atoms with van der Waals surface area (Å²) in [6, 6.07) is 0.